The number of H-pyrrole nitrogens is 1. The average molecular weight is 379 g/mol. The van der Waals surface area contributed by atoms with Gasteiger partial charge in [-0.15, -0.1) is 0 Å². The number of para-hydroxylation sites is 3. The Bertz CT molecular complexity index is 1100. The summed E-state index contributed by atoms with van der Waals surface area (Å²) in [5.41, 5.74) is 3.70. The standard InChI is InChI=1S/C21H21N3O2S/c1-14(20(25)16-13-22-17-8-4-3-7-15(16)17)27-21-23-18-9-5-6-10-19(18)24(21)11-12-26-2/h3-10,13-14,22H,11-12H2,1-2H3/t14-/m1/s1. The molecule has 0 unspecified atom stereocenters. The van der Waals surface area contributed by atoms with Crippen molar-refractivity contribution in [3.63, 3.8) is 0 Å². The second-order valence-corrected chi connectivity index (χ2v) is 7.71. The predicted molar refractivity (Wildman–Crippen MR) is 110 cm³/mol. The summed E-state index contributed by atoms with van der Waals surface area (Å²) in [5.74, 6) is 0.0998. The smallest absolute Gasteiger partial charge is 0.178 e. The summed E-state index contributed by atoms with van der Waals surface area (Å²) in [6, 6.07) is 15.9. The van der Waals surface area contributed by atoms with Crippen LogP contribution < -0.4 is 0 Å². The molecule has 0 spiro atoms. The first-order valence-corrected chi connectivity index (χ1v) is 9.78. The zero-order valence-corrected chi connectivity index (χ0v) is 16.1. The number of hydrogen-bond acceptors (Lipinski definition) is 4. The number of rotatable bonds is 7. The first kappa shape index (κ1) is 17.8. The topological polar surface area (TPSA) is 59.9 Å². The van der Waals surface area contributed by atoms with Crippen molar-refractivity contribution in [2.45, 2.75) is 23.9 Å². The van der Waals surface area contributed by atoms with Gasteiger partial charge in [-0.25, -0.2) is 4.98 Å². The highest BCUT2D eigenvalue weighted by molar-refractivity contribution is 8.00. The van der Waals surface area contributed by atoms with E-state index in [1.807, 2.05) is 55.5 Å². The van der Waals surface area contributed by atoms with Crippen LogP contribution in [0, 0.1) is 0 Å². The van der Waals surface area contributed by atoms with E-state index in [9.17, 15) is 4.79 Å². The number of carbonyl (C=O) groups is 1. The van der Waals surface area contributed by atoms with Gasteiger partial charge in [-0.1, -0.05) is 42.1 Å². The Morgan fingerprint density at radius 2 is 2.00 bits per heavy atom. The van der Waals surface area contributed by atoms with Gasteiger partial charge >= 0.3 is 0 Å². The van der Waals surface area contributed by atoms with E-state index in [0.717, 1.165) is 32.7 Å². The second-order valence-electron chi connectivity index (χ2n) is 6.40. The number of ketones is 1. The third kappa shape index (κ3) is 3.38. The van der Waals surface area contributed by atoms with Crippen molar-refractivity contribution < 1.29 is 9.53 Å². The van der Waals surface area contributed by atoms with Gasteiger partial charge in [0.25, 0.3) is 0 Å². The summed E-state index contributed by atoms with van der Waals surface area (Å²) in [7, 11) is 1.69. The van der Waals surface area contributed by atoms with Crippen molar-refractivity contribution in [3.8, 4) is 0 Å². The highest BCUT2D eigenvalue weighted by Crippen LogP contribution is 2.30. The molecule has 0 aliphatic heterocycles. The number of nitrogens with zero attached hydrogens (tertiary/aromatic N) is 2. The molecule has 1 atom stereocenters. The summed E-state index contributed by atoms with van der Waals surface area (Å²) < 4.78 is 7.38. The van der Waals surface area contributed by atoms with E-state index in [0.29, 0.717) is 13.2 Å². The Labute approximate surface area is 161 Å². The van der Waals surface area contributed by atoms with E-state index in [1.54, 1.807) is 13.3 Å². The molecule has 4 aromatic rings. The number of aromatic amines is 1. The third-order valence-corrected chi connectivity index (χ3v) is 5.73. The van der Waals surface area contributed by atoms with Crippen LogP contribution in [0.2, 0.25) is 0 Å². The van der Waals surface area contributed by atoms with E-state index in [1.165, 1.54) is 11.8 Å². The molecular formula is C21H21N3O2S. The Morgan fingerprint density at radius 1 is 1.22 bits per heavy atom. The number of imidazole rings is 1. The lowest BCUT2D eigenvalue weighted by atomic mass is 10.1. The highest BCUT2D eigenvalue weighted by atomic mass is 32.2. The number of benzene rings is 2. The molecule has 2 aromatic heterocycles. The molecule has 4 rings (SSSR count). The monoisotopic (exact) mass is 379 g/mol. The van der Waals surface area contributed by atoms with Crippen molar-refractivity contribution in [3.05, 3.63) is 60.3 Å². The second kappa shape index (κ2) is 7.58. The minimum absolute atomic E-state index is 0.0998. The maximum atomic E-state index is 13.1. The fourth-order valence-electron chi connectivity index (χ4n) is 3.25. The molecule has 0 bridgehead atoms. The molecule has 6 heteroatoms. The van der Waals surface area contributed by atoms with Gasteiger partial charge in [-0.05, 0) is 25.1 Å². The molecule has 0 aliphatic rings. The van der Waals surface area contributed by atoms with Crippen molar-refractivity contribution in [1.82, 2.24) is 14.5 Å². The van der Waals surface area contributed by atoms with Crippen LogP contribution >= 0.6 is 11.8 Å². The van der Waals surface area contributed by atoms with Gasteiger partial charge in [0.05, 0.1) is 22.9 Å². The fraction of sp³-hybridized carbons (Fsp3) is 0.238. The highest BCUT2D eigenvalue weighted by Gasteiger charge is 2.22. The number of hydrogen-bond donors (Lipinski definition) is 1. The van der Waals surface area contributed by atoms with Crippen LogP contribution in [0.5, 0.6) is 0 Å². The molecule has 2 heterocycles. The van der Waals surface area contributed by atoms with Crippen LogP contribution in [0.25, 0.3) is 21.9 Å². The molecule has 0 fully saturated rings. The maximum absolute atomic E-state index is 13.1. The van der Waals surface area contributed by atoms with Gasteiger partial charge in [0.15, 0.2) is 10.9 Å². The van der Waals surface area contributed by atoms with E-state index < -0.39 is 0 Å². The minimum Gasteiger partial charge on any atom is -0.383 e. The molecule has 0 saturated heterocycles. The molecule has 0 radical (unpaired) electrons. The fourth-order valence-corrected chi connectivity index (χ4v) is 4.27. The van der Waals surface area contributed by atoms with Gasteiger partial charge in [0.2, 0.25) is 0 Å². The van der Waals surface area contributed by atoms with Crippen LogP contribution in [0.15, 0.2) is 59.9 Å². The number of thioether (sulfide) groups is 1. The zero-order chi connectivity index (χ0) is 18.8. The SMILES string of the molecule is COCCn1c(S[C@H](C)C(=O)c2c[nH]c3ccccc23)nc2ccccc21. The molecule has 0 amide bonds. The van der Waals surface area contributed by atoms with Crippen LogP contribution in [0.1, 0.15) is 17.3 Å². The lowest BCUT2D eigenvalue weighted by Crippen LogP contribution is -2.15. The van der Waals surface area contributed by atoms with Gasteiger partial charge in [0, 0.05) is 36.3 Å². The number of aromatic nitrogens is 3. The summed E-state index contributed by atoms with van der Waals surface area (Å²) in [4.78, 5) is 21.0. The van der Waals surface area contributed by atoms with Crippen LogP contribution in [0.4, 0.5) is 0 Å². The van der Waals surface area contributed by atoms with Crippen molar-refractivity contribution in [2.24, 2.45) is 0 Å². The van der Waals surface area contributed by atoms with Crippen LogP contribution in [-0.2, 0) is 11.3 Å². The van der Waals surface area contributed by atoms with Gasteiger partial charge in [-0.2, -0.15) is 0 Å². The molecule has 2 aromatic carbocycles. The molecule has 0 aliphatic carbocycles. The minimum atomic E-state index is -0.248. The number of carbonyl (C=O) groups excluding carboxylic acids is 1. The molecule has 5 nitrogen and oxygen atoms in total. The first-order chi connectivity index (χ1) is 13.2. The largest absolute Gasteiger partial charge is 0.383 e. The van der Waals surface area contributed by atoms with E-state index in [2.05, 4.69) is 9.55 Å². The van der Waals surface area contributed by atoms with Gasteiger partial charge in [0.1, 0.15) is 0 Å². The molecule has 138 valence electrons. The summed E-state index contributed by atoms with van der Waals surface area (Å²) in [6.45, 7) is 3.24. The normalized spacial score (nSPS) is 12.7. The number of methoxy groups -OCH3 is 1. The molecule has 27 heavy (non-hydrogen) atoms. The maximum Gasteiger partial charge on any atom is 0.178 e. The summed E-state index contributed by atoms with van der Waals surface area (Å²) in [6.07, 6.45) is 1.80. The quantitative estimate of drug-likeness (QED) is 0.379. The van der Waals surface area contributed by atoms with Gasteiger partial charge < -0.3 is 14.3 Å². The number of nitrogens with one attached hydrogen (secondary N) is 1. The lowest BCUT2D eigenvalue weighted by Gasteiger charge is -2.12. The van der Waals surface area contributed by atoms with Crippen molar-refractivity contribution in [2.75, 3.05) is 13.7 Å². The van der Waals surface area contributed by atoms with Crippen LogP contribution in [0.3, 0.4) is 0 Å². The Morgan fingerprint density at radius 3 is 2.85 bits per heavy atom. The molecule has 0 saturated carbocycles. The third-order valence-electron chi connectivity index (χ3n) is 4.64. The summed E-state index contributed by atoms with van der Waals surface area (Å²) >= 11 is 1.49. The van der Waals surface area contributed by atoms with Crippen LogP contribution in [-0.4, -0.2) is 39.3 Å². The molecular weight excluding hydrogens is 358 g/mol. The first-order valence-electron chi connectivity index (χ1n) is 8.90. The average Bonchev–Trinajstić information content (AvgIpc) is 3.27. The van der Waals surface area contributed by atoms with Crippen molar-refractivity contribution >= 4 is 39.5 Å². The number of fused-ring (bicyclic) bond motifs is 2. The van der Waals surface area contributed by atoms with Gasteiger partial charge in [-0.3, -0.25) is 4.79 Å². The van der Waals surface area contributed by atoms with Crippen molar-refractivity contribution in [1.29, 1.82) is 0 Å². The molecule has 1 N–H and O–H groups in total. The number of Topliss-reactive ketones (excluding diaryl/α,β-unsaturated/α-hetero) is 1. The Kier molecular flexibility index (Phi) is 5.01. The predicted octanol–water partition coefficient (Wildman–Crippen LogP) is 4.53. The summed E-state index contributed by atoms with van der Waals surface area (Å²) in [5, 5.41) is 1.55. The van der Waals surface area contributed by atoms with E-state index in [-0.39, 0.29) is 11.0 Å². The van der Waals surface area contributed by atoms with E-state index >= 15 is 0 Å². The Hall–Kier alpha value is -2.57. The number of ether oxygens (including phenoxy) is 1. The Balaban J connectivity index is 1.64. The lowest BCUT2D eigenvalue weighted by molar-refractivity contribution is 0.0995. The van der Waals surface area contributed by atoms with E-state index in [4.69, 9.17) is 9.72 Å². The zero-order valence-electron chi connectivity index (χ0n) is 15.3.